The number of nitrogens with one attached hydrogen (secondary N) is 2. The molecule has 0 aliphatic rings. The summed E-state index contributed by atoms with van der Waals surface area (Å²) in [6.07, 6.45) is 0. The second-order valence-corrected chi connectivity index (χ2v) is 5.11. The zero-order valence-electron chi connectivity index (χ0n) is 10.4. The predicted molar refractivity (Wildman–Crippen MR) is 83.7 cm³/mol. The molecule has 1 aromatic carbocycles. The topological polar surface area (TPSA) is 119 Å². The molecule has 0 saturated heterocycles. The van der Waals surface area contributed by atoms with Gasteiger partial charge in [0, 0.05) is 9.26 Å². The normalized spacial score (nSPS) is 10.2. The van der Waals surface area contributed by atoms with Gasteiger partial charge in [-0.05, 0) is 53.8 Å². The van der Waals surface area contributed by atoms with Crippen LogP contribution in [0, 0.1) is 20.6 Å². The second-order valence-electron chi connectivity index (χ2n) is 3.86. The van der Waals surface area contributed by atoms with Crippen LogP contribution in [0.15, 0.2) is 24.3 Å². The van der Waals surface area contributed by atoms with Crippen molar-refractivity contribution >= 4 is 45.7 Å². The average molecular weight is 386 g/mol. The van der Waals surface area contributed by atoms with Crippen LogP contribution in [0.1, 0.15) is 5.69 Å². The molecule has 0 aliphatic heterocycles. The molecule has 2 rings (SSSR count). The maximum atomic E-state index is 11.1. The smallest absolute Gasteiger partial charge is 0.332 e. The van der Waals surface area contributed by atoms with E-state index in [4.69, 9.17) is 5.84 Å². The van der Waals surface area contributed by atoms with Crippen LogP contribution in [0.5, 0.6) is 0 Å². The van der Waals surface area contributed by atoms with E-state index in [1.807, 2.05) is 12.1 Å². The summed E-state index contributed by atoms with van der Waals surface area (Å²) in [6, 6.07) is 7.37. The predicted octanol–water partition coefficient (Wildman–Crippen LogP) is 2.33. The Labute approximate surface area is 128 Å². The number of nitro groups is 1. The van der Waals surface area contributed by atoms with Gasteiger partial charge in [0.1, 0.15) is 5.69 Å². The van der Waals surface area contributed by atoms with E-state index in [-0.39, 0.29) is 23.1 Å². The van der Waals surface area contributed by atoms with Gasteiger partial charge in [-0.2, -0.15) is 4.98 Å². The van der Waals surface area contributed by atoms with Gasteiger partial charge in [0.25, 0.3) is 0 Å². The Morgan fingerprint density at radius 1 is 1.30 bits per heavy atom. The van der Waals surface area contributed by atoms with Gasteiger partial charge in [-0.15, -0.1) is 0 Å². The number of nitrogen functional groups attached to an aromatic ring is 1. The molecule has 0 amide bonds. The van der Waals surface area contributed by atoms with E-state index < -0.39 is 4.92 Å². The molecule has 2 aromatic rings. The lowest BCUT2D eigenvalue weighted by molar-refractivity contribution is -0.385. The molecule has 0 fully saturated rings. The van der Waals surface area contributed by atoms with E-state index in [9.17, 15) is 10.1 Å². The maximum absolute atomic E-state index is 11.1. The standard InChI is InChI=1S/C11H11IN6O2/c1-6-9(18(19)20)10(16-11(14-6)17-13)15-8-4-2-7(12)3-5-8/h2-5H,13H2,1H3,(H2,14,15,16,17). The number of hydrazine groups is 1. The number of hydrogen-bond acceptors (Lipinski definition) is 7. The first-order valence-electron chi connectivity index (χ1n) is 5.53. The molecule has 1 aromatic heterocycles. The van der Waals surface area contributed by atoms with Gasteiger partial charge in [0.05, 0.1) is 4.92 Å². The van der Waals surface area contributed by atoms with Crippen molar-refractivity contribution in [3.63, 3.8) is 0 Å². The van der Waals surface area contributed by atoms with Crippen LogP contribution < -0.4 is 16.6 Å². The van der Waals surface area contributed by atoms with E-state index in [1.165, 1.54) is 6.92 Å². The summed E-state index contributed by atoms with van der Waals surface area (Å²) in [5.41, 5.74) is 3.02. The first-order valence-corrected chi connectivity index (χ1v) is 6.61. The van der Waals surface area contributed by atoms with Gasteiger partial charge in [-0.3, -0.25) is 15.5 Å². The molecule has 0 unspecified atom stereocenters. The average Bonchev–Trinajstić information content (AvgIpc) is 2.40. The number of aromatic nitrogens is 2. The van der Waals surface area contributed by atoms with Crippen LogP contribution in [0.2, 0.25) is 0 Å². The molecular weight excluding hydrogens is 375 g/mol. The summed E-state index contributed by atoms with van der Waals surface area (Å²) in [6.45, 7) is 1.53. The van der Waals surface area contributed by atoms with E-state index in [2.05, 4.69) is 43.3 Å². The lowest BCUT2D eigenvalue weighted by atomic mass is 10.3. The van der Waals surface area contributed by atoms with Crippen molar-refractivity contribution < 1.29 is 4.92 Å². The number of aryl methyl sites for hydroxylation is 1. The third kappa shape index (κ3) is 3.11. The third-order valence-corrected chi connectivity index (χ3v) is 3.20. The molecule has 8 nitrogen and oxygen atoms in total. The Balaban J connectivity index is 2.45. The number of halogens is 1. The van der Waals surface area contributed by atoms with Gasteiger partial charge < -0.3 is 5.32 Å². The lowest BCUT2D eigenvalue weighted by Crippen LogP contribution is -2.13. The van der Waals surface area contributed by atoms with Crippen molar-refractivity contribution in [3.05, 3.63) is 43.6 Å². The summed E-state index contributed by atoms with van der Waals surface area (Å²) >= 11 is 2.17. The molecular formula is C11H11IN6O2. The SMILES string of the molecule is Cc1nc(NN)nc(Nc2ccc(I)cc2)c1[N+](=O)[O-]. The number of benzene rings is 1. The Hall–Kier alpha value is -2.01. The number of rotatable bonds is 4. The highest BCUT2D eigenvalue weighted by molar-refractivity contribution is 14.1. The summed E-state index contributed by atoms with van der Waals surface area (Å²) in [5.74, 6) is 5.46. The lowest BCUT2D eigenvalue weighted by Gasteiger charge is -2.09. The molecule has 0 aliphatic carbocycles. The first kappa shape index (κ1) is 14.4. The zero-order valence-corrected chi connectivity index (χ0v) is 12.6. The molecule has 0 bridgehead atoms. The molecule has 4 N–H and O–H groups in total. The van der Waals surface area contributed by atoms with Crippen molar-refractivity contribution in [1.29, 1.82) is 0 Å². The monoisotopic (exact) mass is 386 g/mol. The highest BCUT2D eigenvalue weighted by atomic mass is 127. The van der Waals surface area contributed by atoms with Gasteiger partial charge in [0.2, 0.25) is 11.8 Å². The molecule has 1 heterocycles. The Morgan fingerprint density at radius 3 is 2.50 bits per heavy atom. The summed E-state index contributed by atoms with van der Waals surface area (Å²) < 4.78 is 1.06. The van der Waals surface area contributed by atoms with Crippen LogP contribution in [0.25, 0.3) is 0 Å². The number of anilines is 3. The van der Waals surface area contributed by atoms with E-state index in [0.717, 1.165) is 3.57 Å². The highest BCUT2D eigenvalue weighted by Gasteiger charge is 2.22. The van der Waals surface area contributed by atoms with E-state index in [1.54, 1.807) is 12.1 Å². The Kier molecular flexibility index (Phi) is 4.29. The maximum Gasteiger partial charge on any atom is 0.332 e. The fraction of sp³-hybridized carbons (Fsp3) is 0.0909. The number of hydrogen-bond donors (Lipinski definition) is 3. The number of nitrogens with two attached hydrogens (primary N) is 1. The second kappa shape index (κ2) is 5.96. The molecule has 104 valence electrons. The zero-order chi connectivity index (χ0) is 14.7. The van der Waals surface area contributed by atoms with Crippen LogP contribution in [0.4, 0.5) is 23.1 Å². The van der Waals surface area contributed by atoms with Gasteiger partial charge in [-0.1, -0.05) is 0 Å². The molecule has 20 heavy (non-hydrogen) atoms. The van der Waals surface area contributed by atoms with Crippen LogP contribution in [-0.2, 0) is 0 Å². The van der Waals surface area contributed by atoms with Gasteiger partial charge in [-0.25, -0.2) is 10.8 Å². The van der Waals surface area contributed by atoms with Gasteiger partial charge in [0.15, 0.2) is 0 Å². The molecule has 0 saturated carbocycles. The molecule has 0 spiro atoms. The Bertz CT molecular complexity index is 646. The van der Waals surface area contributed by atoms with Crippen molar-refractivity contribution in [2.45, 2.75) is 6.92 Å². The highest BCUT2D eigenvalue weighted by Crippen LogP contribution is 2.29. The van der Waals surface area contributed by atoms with Crippen molar-refractivity contribution in [1.82, 2.24) is 9.97 Å². The molecule has 9 heteroatoms. The van der Waals surface area contributed by atoms with Crippen molar-refractivity contribution in [3.8, 4) is 0 Å². The van der Waals surface area contributed by atoms with Crippen LogP contribution in [-0.4, -0.2) is 14.9 Å². The minimum Gasteiger partial charge on any atom is -0.334 e. The largest absolute Gasteiger partial charge is 0.334 e. The van der Waals surface area contributed by atoms with Crippen LogP contribution in [0.3, 0.4) is 0 Å². The van der Waals surface area contributed by atoms with Crippen molar-refractivity contribution in [2.75, 3.05) is 10.7 Å². The minimum atomic E-state index is -0.523. The molecule has 0 radical (unpaired) electrons. The summed E-state index contributed by atoms with van der Waals surface area (Å²) in [4.78, 5) is 18.5. The fourth-order valence-corrected chi connectivity index (χ4v) is 1.97. The Morgan fingerprint density at radius 2 is 1.95 bits per heavy atom. The first-order chi connectivity index (χ1) is 9.51. The van der Waals surface area contributed by atoms with E-state index in [0.29, 0.717) is 5.69 Å². The molecule has 0 atom stereocenters. The summed E-state index contributed by atoms with van der Waals surface area (Å²) in [5, 5.41) is 14.0. The summed E-state index contributed by atoms with van der Waals surface area (Å²) in [7, 11) is 0. The van der Waals surface area contributed by atoms with Crippen molar-refractivity contribution in [2.24, 2.45) is 5.84 Å². The fourth-order valence-electron chi connectivity index (χ4n) is 1.61. The van der Waals surface area contributed by atoms with E-state index >= 15 is 0 Å². The third-order valence-electron chi connectivity index (χ3n) is 2.48. The quantitative estimate of drug-likeness (QED) is 0.319. The van der Waals surface area contributed by atoms with Gasteiger partial charge >= 0.3 is 5.69 Å². The number of nitrogens with zero attached hydrogens (tertiary/aromatic N) is 3. The minimum absolute atomic E-state index is 0.0941. The van der Waals surface area contributed by atoms with Crippen LogP contribution >= 0.6 is 22.6 Å².